The molecule has 2 rings (SSSR count). The summed E-state index contributed by atoms with van der Waals surface area (Å²) in [5.74, 6) is -0.968. The number of aromatic nitrogens is 1. The number of amides is 2. The van der Waals surface area contributed by atoms with Gasteiger partial charge in [-0.3, -0.25) is 9.78 Å². The van der Waals surface area contributed by atoms with E-state index in [2.05, 4.69) is 17.2 Å². The molecule has 2 heterocycles. The highest BCUT2D eigenvalue weighted by Gasteiger charge is 2.38. The lowest BCUT2D eigenvalue weighted by atomic mass is 10.3. The third kappa shape index (κ3) is 2.13. The summed E-state index contributed by atoms with van der Waals surface area (Å²) in [6, 6.07) is 5.09. The molecule has 17 heavy (non-hydrogen) atoms. The number of carbonyl (C=O) groups excluding carboxylic acids is 1. The molecule has 1 aromatic rings. The number of pyridine rings is 1. The molecule has 0 spiro atoms. The molecule has 1 aliphatic heterocycles. The van der Waals surface area contributed by atoms with E-state index in [9.17, 15) is 9.59 Å². The second-order valence-electron chi connectivity index (χ2n) is 3.05. The van der Waals surface area contributed by atoms with Crippen LogP contribution in [0.2, 0.25) is 0 Å². The first kappa shape index (κ1) is 11.2. The molecule has 6 nitrogen and oxygen atoms in total. The van der Waals surface area contributed by atoms with Gasteiger partial charge in [-0.05, 0) is 24.4 Å². The molecule has 0 radical (unpaired) electrons. The van der Waals surface area contributed by atoms with Gasteiger partial charge in [-0.25, -0.2) is 4.79 Å². The highest BCUT2D eigenvalue weighted by Crippen LogP contribution is 2.19. The molecule has 7 heteroatoms. The largest absolute Gasteiger partial charge is 0.464 e. The summed E-state index contributed by atoms with van der Waals surface area (Å²) < 4.78 is 4.90. The van der Waals surface area contributed by atoms with Crippen molar-refractivity contribution in [2.75, 3.05) is 0 Å². The van der Waals surface area contributed by atoms with Gasteiger partial charge in [0.05, 0.1) is 5.69 Å². The minimum absolute atomic E-state index is 0.156. The fourth-order valence-corrected chi connectivity index (χ4v) is 1.48. The van der Waals surface area contributed by atoms with E-state index in [1.807, 2.05) is 0 Å². The van der Waals surface area contributed by atoms with Crippen molar-refractivity contribution < 1.29 is 19.4 Å². The Morgan fingerprint density at radius 2 is 2.29 bits per heavy atom. The number of hydrogen-bond acceptors (Lipinski definition) is 5. The second-order valence-corrected chi connectivity index (χ2v) is 3.40. The van der Waals surface area contributed by atoms with Crippen LogP contribution in [0.25, 0.3) is 6.08 Å². The van der Waals surface area contributed by atoms with Crippen molar-refractivity contribution in [3.63, 3.8) is 0 Å². The van der Waals surface area contributed by atoms with Crippen LogP contribution in [-0.2, 0) is 9.53 Å². The van der Waals surface area contributed by atoms with Crippen LogP contribution in [0.4, 0.5) is 4.79 Å². The molecule has 1 aliphatic rings. The molecule has 2 amide bonds. The van der Waals surface area contributed by atoms with Crippen molar-refractivity contribution in [2.24, 2.45) is 0 Å². The quantitative estimate of drug-likeness (QED) is 0.596. The van der Waals surface area contributed by atoms with E-state index >= 15 is 0 Å². The highest BCUT2D eigenvalue weighted by atomic mass is 32.1. The lowest BCUT2D eigenvalue weighted by Crippen LogP contribution is -2.33. The van der Waals surface area contributed by atoms with Gasteiger partial charge in [0, 0.05) is 12.3 Å². The van der Waals surface area contributed by atoms with Crippen LogP contribution in [-0.4, -0.2) is 32.2 Å². The Morgan fingerprint density at radius 1 is 1.53 bits per heavy atom. The molecule has 0 saturated carbocycles. The van der Waals surface area contributed by atoms with Crippen molar-refractivity contribution in [2.45, 2.75) is 0 Å². The maximum atomic E-state index is 11.6. The smallest absolute Gasteiger partial charge is 0.422 e. The molecule has 86 valence electrons. The summed E-state index contributed by atoms with van der Waals surface area (Å²) in [4.78, 5) is 26.6. The van der Waals surface area contributed by atoms with Crippen molar-refractivity contribution in [1.82, 2.24) is 9.88 Å². The summed E-state index contributed by atoms with van der Waals surface area (Å²) >= 11 is 4.63. The summed E-state index contributed by atoms with van der Waals surface area (Å²) in [7, 11) is 0. The Hall–Kier alpha value is -2.28. The van der Waals surface area contributed by atoms with Crippen LogP contribution < -0.4 is 0 Å². The molecule has 1 N–H and O–H groups in total. The van der Waals surface area contributed by atoms with Crippen molar-refractivity contribution in [1.29, 1.82) is 0 Å². The zero-order chi connectivity index (χ0) is 12.4. The molecule has 0 bridgehead atoms. The Kier molecular flexibility index (Phi) is 2.84. The van der Waals surface area contributed by atoms with Crippen molar-refractivity contribution in [3.8, 4) is 0 Å². The monoisotopic (exact) mass is 250 g/mol. The first-order valence-electron chi connectivity index (χ1n) is 4.51. The number of ether oxygens (including phenoxy) is 1. The molecule has 1 fully saturated rings. The van der Waals surface area contributed by atoms with Crippen LogP contribution in [0.1, 0.15) is 5.69 Å². The van der Waals surface area contributed by atoms with Gasteiger partial charge in [-0.15, -0.1) is 0 Å². The van der Waals surface area contributed by atoms with E-state index in [0.717, 1.165) is 0 Å². The molecule has 0 atom stereocenters. The summed E-state index contributed by atoms with van der Waals surface area (Å²) in [5.41, 5.74) is 0.478. The van der Waals surface area contributed by atoms with Gasteiger partial charge in [0.15, 0.2) is 5.76 Å². The van der Waals surface area contributed by atoms with Crippen LogP contribution in [0.5, 0.6) is 0 Å². The maximum absolute atomic E-state index is 11.6. The van der Waals surface area contributed by atoms with Crippen molar-refractivity contribution >= 4 is 35.5 Å². The minimum atomic E-state index is -1.47. The molecule has 0 aromatic carbocycles. The Labute approximate surface area is 101 Å². The second kappa shape index (κ2) is 4.30. The molecule has 1 saturated heterocycles. The van der Waals surface area contributed by atoms with Gasteiger partial charge in [0.1, 0.15) is 0 Å². The first-order chi connectivity index (χ1) is 8.09. The standard InChI is InChI=1S/C10H6N2O4S/c13-8-7(5-6-3-1-2-4-11-6)16-10(17)12(8)9(14)15/h1-5H,(H,14,15)/b7-5+. The van der Waals surface area contributed by atoms with Crippen LogP contribution >= 0.6 is 12.2 Å². The van der Waals surface area contributed by atoms with Crippen LogP contribution in [0.3, 0.4) is 0 Å². The fourth-order valence-electron chi connectivity index (χ4n) is 1.23. The normalized spacial score (nSPS) is 17.4. The Morgan fingerprint density at radius 3 is 2.82 bits per heavy atom. The average Bonchev–Trinajstić information content (AvgIpc) is 2.55. The predicted molar refractivity (Wildman–Crippen MR) is 60.8 cm³/mol. The van der Waals surface area contributed by atoms with Gasteiger partial charge in [0.2, 0.25) is 0 Å². The average molecular weight is 250 g/mol. The number of nitrogens with zero attached hydrogens (tertiary/aromatic N) is 2. The topological polar surface area (TPSA) is 79.7 Å². The highest BCUT2D eigenvalue weighted by molar-refractivity contribution is 7.80. The number of carboxylic acid groups (broad SMARTS) is 1. The SMILES string of the molecule is O=C(O)N1C(=O)/C(=C\c2ccccn2)OC1=S. The predicted octanol–water partition coefficient (Wildman–Crippen LogP) is 1.24. The van der Waals surface area contributed by atoms with Crippen molar-refractivity contribution in [3.05, 3.63) is 35.8 Å². The van der Waals surface area contributed by atoms with Crippen LogP contribution in [0.15, 0.2) is 30.2 Å². The first-order valence-corrected chi connectivity index (χ1v) is 4.92. The zero-order valence-electron chi connectivity index (χ0n) is 8.36. The summed E-state index contributed by atoms with van der Waals surface area (Å²) in [6.07, 6.45) is 1.40. The molecule has 1 aromatic heterocycles. The van der Waals surface area contributed by atoms with Gasteiger partial charge < -0.3 is 9.84 Å². The van der Waals surface area contributed by atoms with E-state index in [1.165, 1.54) is 6.08 Å². The van der Waals surface area contributed by atoms with E-state index in [-0.39, 0.29) is 5.76 Å². The van der Waals surface area contributed by atoms with Gasteiger partial charge in [-0.1, -0.05) is 6.07 Å². The minimum Gasteiger partial charge on any atom is -0.464 e. The summed E-state index contributed by atoms with van der Waals surface area (Å²) in [6.45, 7) is 0. The summed E-state index contributed by atoms with van der Waals surface area (Å²) in [5, 5.41) is 8.33. The zero-order valence-corrected chi connectivity index (χ0v) is 9.18. The van der Waals surface area contributed by atoms with E-state index in [4.69, 9.17) is 9.84 Å². The molecular formula is C10H6N2O4S. The number of carbonyl (C=O) groups is 2. The lowest BCUT2D eigenvalue weighted by molar-refractivity contribution is -0.121. The van der Waals surface area contributed by atoms with E-state index in [1.54, 1.807) is 24.4 Å². The number of thiocarbonyl (C=S) groups is 1. The maximum Gasteiger partial charge on any atom is 0.422 e. The lowest BCUT2D eigenvalue weighted by Gasteiger charge is -2.02. The van der Waals surface area contributed by atoms with E-state index < -0.39 is 17.2 Å². The number of hydrogen-bond donors (Lipinski definition) is 1. The van der Waals surface area contributed by atoms with Gasteiger partial charge in [0.25, 0.3) is 5.17 Å². The Balaban J connectivity index is 2.31. The number of rotatable bonds is 1. The fraction of sp³-hybridized carbons (Fsp3) is 0. The van der Waals surface area contributed by atoms with Gasteiger partial charge >= 0.3 is 12.0 Å². The van der Waals surface area contributed by atoms with E-state index in [0.29, 0.717) is 10.6 Å². The molecular weight excluding hydrogens is 244 g/mol. The molecule has 0 aliphatic carbocycles. The third-order valence-corrected chi connectivity index (χ3v) is 2.22. The molecule has 0 unspecified atom stereocenters. The van der Waals surface area contributed by atoms with Crippen LogP contribution in [0, 0.1) is 0 Å². The number of imide groups is 1. The third-order valence-electron chi connectivity index (χ3n) is 1.95. The Bertz CT molecular complexity index is 526. The van der Waals surface area contributed by atoms with Gasteiger partial charge in [-0.2, -0.15) is 4.90 Å².